The first kappa shape index (κ1) is 16.6. The second kappa shape index (κ2) is 6.58. The quantitative estimate of drug-likeness (QED) is 0.796. The van der Waals surface area contributed by atoms with Crippen molar-refractivity contribution in [1.82, 2.24) is 0 Å². The average Bonchev–Trinajstić information content (AvgIpc) is 2.48. The highest BCUT2D eigenvalue weighted by atomic mass is 35.5. The fourth-order valence-corrected chi connectivity index (χ4v) is 3.68. The Kier molecular flexibility index (Phi) is 5.21. The molecule has 0 radical (unpaired) electrons. The first-order valence-electron chi connectivity index (χ1n) is 8.15. The lowest BCUT2D eigenvalue weighted by Gasteiger charge is -2.45. The zero-order valence-corrected chi connectivity index (χ0v) is 14.3. The average molecular weight is 309 g/mol. The van der Waals surface area contributed by atoms with Crippen molar-refractivity contribution in [1.29, 1.82) is 0 Å². The van der Waals surface area contributed by atoms with Gasteiger partial charge in [0.05, 0.1) is 0 Å². The molecule has 21 heavy (non-hydrogen) atoms. The second-order valence-corrected chi connectivity index (χ2v) is 7.67. The van der Waals surface area contributed by atoms with Crippen molar-refractivity contribution in [2.45, 2.75) is 58.4 Å². The fraction of sp³-hybridized carbons (Fsp3) is 0.667. The molecule has 1 aromatic rings. The molecule has 3 N–H and O–H groups in total. The largest absolute Gasteiger partial charge is 0.378 e. The summed E-state index contributed by atoms with van der Waals surface area (Å²) in [4.78, 5) is 0. The number of rotatable bonds is 5. The molecule has 2 rings (SSSR count). The summed E-state index contributed by atoms with van der Waals surface area (Å²) in [5.74, 6) is 0.809. The van der Waals surface area contributed by atoms with Gasteiger partial charge in [-0.2, -0.15) is 0 Å². The van der Waals surface area contributed by atoms with Gasteiger partial charge in [-0.25, -0.2) is 0 Å². The molecule has 1 aliphatic carbocycles. The summed E-state index contributed by atoms with van der Waals surface area (Å²) < 4.78 is 0. The van der Waals surface area contributed by atoms with E-state index in [1.54, 1.807) is 0 Å². The third-order valence-electron chi connectivity index (χ3n) is 5.58. The number of anilines is 1. The predicted molar refractivity (Wildman–Crippen MR) is 92.9 cm³/mol. The van der Waals surface area contributed by atoms with Crippen LogP contribution in [0.4, 0.5) is 5.69 Å². The van der Waals surface area contributed by atoms with Crippen LogP contribution in [0.5, 0.6) is 0 Å². The summed E-state index contributed by atoms with van der Waals surface area (Å²) in [6.07, 6.45) is 6.04. The Morgan fingerprint density at radius 2 is 2.00 bits per heavy atom. The molecule has 1 fully saturated rings. The maximum atomic E-state index is 6.12. The van der Waals surface area contributed by atoms with Gasteiger partial charge in [0, 0.05) is 22.8 Å². The van der Waals surface area contributed by atoms with E-state index >= 15 is 0 Å². The monoisotopic (exact) mass is 308 g/mol. The van der Waals surface area contributed by atoms with E-state index in [0.717, 1.165) is 29.5 Å². The van der Waals surface area contributed by atoms with Gasteiger partial charge >= 0.3 is 0 Å². The van der Waals surface area contributed by atoms with Crippen molar-refractivity contribution in [2.75, 3.05) is 11.9 Å². The zero-order valence-electron chi connectivity index (χ0n) is 13.6. The third-order valence-corrected chi connectivity index (χ3v) is 5.82. The minimum Gasteiger partial charge on any atom is -0.378 e. The number of halogens is 1. The molecule has 0 heterocycles. The van der Waals surface area contributed by atoms with Gasteiger partial charge in [-0.05, 0) is 55.2 Å². The molecule has 0 unspecified atom stereocenters. The number of hydrogen-bond donors (Lipinski definition) is 2. The van der Waals surface area contributed by atoms with Crippen LogP contribution in [0, 0.1) is 11.3 Å². The molecular weight excluding hydrogens is 280 g/mol. The van der Waals surface area contributed by atoms with Crippen LogP contribution < -0.4 is 11.1 Å². The Bertz CT molecular complexity index is 462. The number of benzene rings is 1. The first-order chi connectivity index (χ1) is 9.91. The van der Waals surface area contributed by atoms with Crippen LogP contribution in [0.25, 0.3) is 0 Å². The maximum Gasteiger partial charge on any atom is 0.0495 e. The lowest BCUT2D eigenvalue weighted by molar-refractivity contribution is 0.124. The first-order valence-corrected chi connectivity index (χ1v) is 8.52. The minimum absolute atomic E-state index is 0.0327. The highest BCUT2D eigenvalue weighted by molar-refractivity contribution is 6.30. The summed E-state index contributed by atoms with van der Waals surface area (Å²) in [6, 6.07) is 7.95. The van der Waals surface area contributed by atoms with E-state index in [4.69, 9.17) is 17.3 Å². The highest BCUT2D eigenvalue weighted by Crippen LogP contribution is 2.44. The molecule has 2 nitrogen and oxygen atoms in total. The number of nitrogens with two attached hydrogens (primary N) is 1. The van der Waals surface area contributed by atoms with E-state index < -0.39 is 0 Å². The van der Waals surface area contributed by atoms with Crippen LogP contribution in [0.15, 0.2) is 24.3 Å². The van der Waals surface area contributed by atoms with Gasteiger partial charge in [0.1, 0.15) is 0 Å². The molecule has 0 aromatic heterocycles. The van der Waals surface area contributed by atoms with E-state index in [2.05, 4.69) is 32.2 Å². The van der Waals surface area contributed by atoms with Gasteiger partial charge in [0.15, 0.2) is 0 Å². The van der Waals surface area contributed by atoms with Crippen molar-refractivity contribution in [2.24, 2.45) is 17.1 Å². The number of nitrogens with one attached hydrogen (secondary N) is 1. The number of hydrogen-bond acceptors (Lipinski definition) is 2. The molecule has 0 atom stereocenters. The maximum absolute atomic E-state index is 6.12. The van der Waals surface area contributed by atoms with Crippen molar-refractivity contribution in [3.05, 3.63) is 29.3 Å². The van der Waals surface area contributed by atoms with Gasteiger partial charge in [0.2, 0.25) is 0 Å². The smallest absolute Gasteiger partial charge is 0.0495 e. The molecule has 0 amide bonds. The highest BCUT2D eigenvalue weighted by Gasteiger charge is 2.38. The SMILES string of the molecule is CCC(C)(C)C1CCC(CN)(Nc2cccc(Cl)c2)CC1. The van der Waals surface area contributed by atoms with Gasteiger partial charge in [-0.1, -0.05) is 44.9 Å². The van der Waals surface area contributed by atoms with E-state index in [0.29, 0.717) is 12.0 Å². The Balaban J connectivity index is 2.05. The normalized spacial score (nSPS) is 26.6. The van der Waals surface area contributed by atoms with Gasteiger partial charge in [0.25, 0.3) is 0 Å². The van der Waals surface area contributed by atoms with Crippen molar-refractivity contribution < 1.29 is 0 Å². The molecule has 0 aliphatic heterocycles. The Morgan fingerprint density at radius 1 is 1.33 bits per heavy atom. The lowest BCUT2D eigenvalue weighted by Crippen LogP contribution is -2.49. The molecule has 1 saturated carbocycles. The molecule has 0 spiro atoms. The standard InChI is InChI=1S/C18H29ClN2/c1-4-17(2,3)14-8-10-18(13-20,11-9-14)21-16-7-5-6-15(19)12-16/h5-7,12,14,21H,4,8-11,13,20H2,1-3H3. The summed E-state index contributed by atoms with van der Waals surface area (Å²) in [5.41, 5.74) is 7.67. The van der Waals surface area contributed by atoms with E-state index in [9.17, 15) is 0 Å². The van der Waals surface area contributed by atoms with Crippen LogP contribution in [-0.4, -0.2) is 12.1 Å². The van der Waals surface area contributed by atoms with Gasteiger partial charge < -0.3 is 11.1 Å². The Labute approximate surface area is 134 Å². The van der Waals surface area contributed by atoms with Crippen LogP contribution in [0.3, 0.4) is 0 Å². The summed E-state index contributed by atoms with van der Waals surface area (Å²) in [7, 11) is 0. The van der Waals surface area contributed by atoms with Crippen molar-refractivity contribution >= 4 is 17.3 Å². The fourth-order valence-electron chi connectivity index (χ4n) is 3.49. The molecule has 1 aliphatic rings. The molecule has 1 aromatic carbocycles. The predicted octanol–water partition coefficient (Wildman–Crippen LogP) is 5.08. The van der Waals surface area contributed by atoms with Crippen LogP contribution in [0.1, 0.15) is 52.9 Å². The van der Waals surface area contributed by atoms with Crippen molar-refractivity contribution in [3.8, 4) is 0 Å². The zero-order chi connectivity index (χ0) is 15.5. The van der Waals surface area contributed by atoms with Crippen LogP contribution in [-0.2, 0) is 0 Å². The molecule has 0 saturated heterocycles. The summed E-state index contributed by atoms with van der Waals surface area (Å²) >= 11 is 6.08. The Hall–Kier alpha value is -0.730. The summed E-state index contributed by atoms with van der Waals surface area (Å²) in [6.45, 7) is 7.78. The molecule has 118 valence electrons. The molecule has 3 heteroatoms. The molecule has 0 bridgehead atoms. The van der Waals surface area contributed by atoms with E-state index in [1.165, 1.54) is 19.3 Å². The lowest BCUT2D eigenvalue weighted by atomic mass is 9.65. The minimum atomic E-state index is 0.0327. The third kappa shape index (κ3) is 3.92. The Morgan fingerprint density at radius 3 is 2.52 bits per heavy atom. The molecular formula is C18H29ClN2. The van der Waals surface area contributed by atoms with E-state index in [1.807, 2.05) is 18.2 Å². The van der Waals surface area contributed by atoms with Gasteiger partial charge in [-0.3, -0.25) is 0 Å². The van der Waals surface area contributed by atoms with Crippen LogP contribution in [0.2, 0.25) is 5.02 Å². The topological polar surface area (TPSA) is 38.0 Å². The second-order valence-electron chi connectivity index (χ2n) is 7.24. The van der Waals surface area contributed by atoms with Gasteiger partial charge in [-0.15, -0.1) is 0 Å². The van der Waals surface area contributed by atoms with E-state index in [-0.39, 0.29) is 5.54 Å². The van der Waals surface area contributed by atoms with Crippen LogP contribution >= 0.6 is 11.6 Å². The summed E-state index contributed by atoms with van der Waals surface area (Å²) in [5, 5.41) is 4.44. The van der Waals surface area contributed by atoms with Crippen molar-refractivity contribution in [3.63, 3.8) is 0 Å².